The molecule has 0 spiro atoms. The molecule has 174 valence electrons. The van der Waals surface area contributed by atoms with Crippen molar-refractivity contribution in [2.45, 2.75) is 20.4 Å². The summed E-state index contributed by atoms with van der Waals surface area (Å²) in [5.41, 5.74) is 1.79. The Balaban J connectivity index is 1.67. The van der Waals surface area contributed by atoms with E-state index in [1.807, 2.05) is 37.3 Å². The third-order valence-corrected chi connectivity index (χ3v) is 5.44. The highest BCUT2D eigenvalue weighted by Gasteiger charge is 2.23. The number of benzene rings is 2. The second kappa shape index (κ2) is 9.78. The molecule has 0 saturated heterocycles. The van der Waals surface area contributed by atoms with Gasteiger partial charge in [0.2, 0.25) is 5.91 Å². The SMILES string of the molecule is CCN(CC(=O)Nc1c(F)cccc1F)C(=O)c1cc(-c2ccccc2)nc2c1cnn2CC. The predicted molar refractivity (Wildman–Crippen MR) is 125 cm³/mol. The number of amides is 2. The molecule has 0 atom stereocenters. The minimum Gasteiger partial charge on any atom is -0.330 e. The smallest absolute Gasteiger partial charge is 0.255 e. The quantitative estimate of drug-likeness (QED) is 0.438. The number of hydrogen-bond acceptors (Lipinski definition) is 4. The third-order valence-electron chi connectivity index (χ3n) is 5.44. The van der Waals surface area contributed by atoms with Crippen molar-refractivity contribution >= 4 is 28.5 Å². The van der Waals surface area contributed by atoms with E-state index in [0.717, 1.165) is 17.7 Å². The van der Waals surface area contributed by atoms with Crippen molar-refractivity contribution in [3.8, 4) is 11.3 Å². The number of nitrogens with one attached hydrogen (secondary N) is 1. The van der Waals surface area contributed by atoms with Gasteiger partial charge in [-0.25, -0.2) is 18.4 Å². The fourth-order valence-electron chi connectivity index (χ4n) is 3.68. The van der Waals surface area contributed by atoms with Crippen molar-refractivity contribution in [1.29, 1.82) is 0 Å². The average molecular weight is 463 g/mol. The molecule has 4 aromatic rings. The second-order valence-corrected chi connectivity index (χ2v) is 7.58. The van der Waals surface area contributed by atoms with Crippen LogP contribution in [0.5, 0.6) is 0 Å². The number of hydrogen-bond donors (Lipinski definition) is 1. The third kappa shape index (κ3) is 4.50. The van der Waals surface area contributed by atoms with E-state index in [-0.39, 0.29) is 13.1 Å². The molecule has 34 heavy (non-hydrogen) atoms. The van der Waals surface area contributed by atoms with Gasteiger partial charge < -0.3 is 10.2 Å². The Hall–Kier alpha value is -4.14. The minimum atomic E-state index is -0.891. The van der Waals surface area contributed by atoms with E-state index in [0.29, 0.717) is 28.8 Å². The zero-order chi connectivity index (χ0) is 24.2. The van der Waals surface area contributed by atoms with Gasteiger partial charge in [-0.15, -0.1) is 0 Å². The molecule has 2 amide bonds. The summed E-state index contributed by atoms with van der Waals surface area (Å²) < 4.78 is 29.5. The van der Waals surface area contributed by atoms with Gasteiger partial charge in [-0.2, -0.15) is 5.10 Å². The standard InChI is InChI=1S/C25H23F2N5O2/c1-3-31(15-22(33)30-23-19(26)11-8-12-20(23)27)25(34)17-13-21(16-9-6-5-7-10-16)29-24-18(17)14-28-32(24)4-2/h5-14H,3-4,15H2,1-2H3,(H,30,33). The fourth-order valence-corrected chi connectivity index (χ4v) is 3.68. The van der Waals surface area contributed by atoms with E-state index in [2.05, 4.69) is 10.4 Å². The number of carbonyl (C=O) groups is 2. The zero-order valence-corrected chi connectivity index (χ0v) is 18.8. The number of fused-ring (bicyclic) bond motifs is 1. The molecule has 0 saturated carbocycles. The van der Waals surface area contributed by atoms with Crippen LogP contribution in [0, 0.1) is 11.6 Å². The summed E-state index contributed by atoms with van der Waals surface area (Å²) >= 11 is 0. The first-order valence-corrected chi connectivity index (χ1v) is 10.9. The molecular formula is C25H23F2N5O2. The first-order chi connectivity index (χ1) is 16.4. The van der Waals surface area contributed by atoms with E-state index in [1.165, 1.54) is 11.0 Å². The van der Waals surface area contributed by atoms with Gasteiger partial charge in [-0.05, 0) is 32.0 Å². The molecule has 7 nitrogen and oxygen atoms in total. The van der Waals surface area contributed by atoms with Crippen molar-refractivity contribution in [2.24, 2.45) is 0 Å². The molecule has 0 unspecified atom stereocenters. The van der Waals surface area contributed by atoms with Gasteiger partial charge in [0.15, 0.2) is 5.65 Å². The summed E-state index contributed by atoms with van der Waals surface area (Å²) in [5, 5.41) is 7.12. The number of carbonyl (C=O) groups excluding carboxylic acids is 2. The molecule has 0 aliphatic carbocycles. The lowest BCUT2D eigenvalue weighted by Crippen LogP contribution is -2.38. The van der Waals surface area contributed by atoms with E-state index in [9.17, 15) is 18.4 Å². The summed E-state index contributed by atoms with van der Waals surface area (Å²) in [6.07, 6.45) is 1.58. The van der Waals surface area contributed by atoms with Crippen LogP contribution in [0.15, 0.2) is 60.8 Å². The molecule has 2 heterocycles. The number of rotatable bonds is 7. The van der Waals surface area contributed by atoms with Gasteiger partial charge in [0.1, 0.15) is 23.9 Å². The van der Waals surface area contributed by atoms with Gasteiger partial charge in [0, 0.05) is 18.7 Å². The Morgan fingerprint density at radius 1 is 1.03 bits per heavy atom. The van der Waals surface area contributed by atoms with Crippen molar-refractivity contribution < 1.29 is 18.4 Å². The van der Waals surface area contributed by atoms with Crippen LogP contribution in [0.4, 0.5) is 14.5 Å². The lowest BCUT2D eigenvalue weighted by molar-refractivity contribution is -0.116. The largest absolute Gasteiger partial charge is 0.330 e. The van der Waals surface area contributed by atoms with Crippen LogP contribution in [-0.4, -0.2) is 44.6 Å². The van der Waals surface area contributed by atoms with Crippen molar-refractivity contribution in [1.82, 2.24) is 19.7 Å². The molecule has 4 rings (SSSR count). The summed E-state index contributed by atoms with van der Waals surface area (Å²) in [5.74, 6) is -2.90. The van der Waals surface area contributed by atoms with Gasteiger partial charge in [-0.1, -0.05) is 36.4 Å². The molecule has 9 heteroatoms. The Labute approximate surface area is 195 Å². The first-order valence-electron chi connectivity index (χ1n) is 10.9. The lowest BCUT2D eigenvalue weighted by Gasteiger charge is -2.21. The Kier molecular flexibility index (Phi) is 6.62. The van der Waals surface area contributed by atoms with Crippen LogP contribution in [0.25, 0.3) is 22.3 Å². The first kappa shape index (κ1) is 23.0. The molecule has 2 aromatic heterocycles. The van der Waals surface area contributed by atoms with Crippen LogP contribution in [0.2, 0.25) is 0 Å². The Morgan fingerprint density at radius 2 is 1.74 bits per heavy atom. The van der Waals surface area contributed by atoms with Crippen LogP contribution < -0.4 is 5.32 Å². The number of para-hydroxylation sites is 1. The van der Waals surface area contributed by atoms with Gasteiger partial charge in [-0.3, -0.25) is 9.59 Å². The Bertz CT molecular complexity index is 1330. The molecule has 0 fully saturated rings. The monoisotopic (exact) mass is 463 g/mol. The summed E-state index contributed by atoms with van der Waals surface area (Å²) in [7, 11) is 0. The second-order valence-electron chi connectivity index (χ2n) is 7.58. The molecule has 0 bridgehead atoms. The molecule has 2 aromatic carbocycles. The van der Waals surface area contributed by atoms with E-state index in [4.69, 9.17) is 4.98 Å². The number of halogens is 2. The topological polar surface area (TPSA) is 80.1 Å². The molecular weight excluding hydrogens is 440 g/mol. The van der Waals surface area contributed by atoms with E-state index in [1.54, 1.807) is 23.9 Å². The fraction of sp³-hybridized carbons (Fsp3) is 0.200. The van der Waals surface area contributed by atoms with Crippen molar-refractivity contribution in [3.63, 3.8) is 0 Å². The van der Waals surface area contributed by atoms with E-state index >= 15 is 0 Å². The highest BCUT2D eigenvalue weighted by atomic mass is 19.1. The number of aromatic nitrogens is 3. The average Bonchev–Trinajstić information content (AvgIpc) is 3.27. The summed E-state index contributed by atoms with van der Waals surface area (Å²) in [4.78, 5) is 32.1. The minimum absolute atomic E-state index is 0.207. The van der Waals surface area contributed by atoms with Crippen molar-refractivity contribution in [3.05, 3.63) is 78.0 Å². The van der Waals surface area contributed by atoms with Crippen LogP contribution in [0.3, 0.4) is 0 Å². The lowest BCUT2D eigenvalue weighted by atomic mass is 10.1. The predicted octanol–water partition coefficient (Wildman–Crippen LogP) is 4.50. The Morgan fingerprint density at radius 3 is 2.38 bits per heavy atom. The summed E-state index contributed by atoms with van der Waals surface area (Å²) in [6.45, 7) is 4.04. The summed E-state index contributed by atoms with van der Waals surface area (Å²) in [6, 6.07) is 14.4. The number of anilines is 1. The number of nitrogens with zero attached hydrogens (tertiary/aromatic N) is 4. The maximum atomic E-state index is 13.9. The highest BCUT2D eigenvalue weighted by molar-refractivity contribution is 6.08. The molecule has 0 radical (unpaired) electrons. The number of likely N-dealkylation sites (N-methyl/N-ethyl adjacent to an activating group) is 1. The van der Waals surface area contributed by atoms with Crippen LogP contribution in [0.1, 0.15) is 24.2 Å². The number of pyridine rings is 1. The molecule has 0 aliphatic rings. The van der Waals surface area contributed by atoms with Crippen molar-refractivity contribution in [2.75, 3.05) is 18.4 Å². The van der Waals surface area contributed by atoms with Crippen LogP contribution >= 0.6 is 0 Å². The highest BCUT2D eigenvalue weighted by Crippen LogP contribution is 2.26. The normalized spacial score (nSPS) is 10.9. The van der Waals surface area contributed by atoms with Crippen LogP contribution in [-0.2, 0) is 11.3 Å². The maximum Gasteiger partial charge on any atom is 0.255 e. The number of aryl methyl sites for hydroxylation is 1. The zero-order valence-electron chi connectivity index (χ0n) is 18.8. The van der Waals surface area contributed by atoms with Gasteiger partial charge in [0.05, 0.1) is 22.8 Å². The molecule has 1 N–H and O–H groups in total. The van der Waals surface area contributed by atoms with Gasteiger partial charge in [0.25, 0.3) is 5.91 Å². The van der Waals surface area contributed by atoms with E-state index < -0.39 is 29.1 Å². The molecule has 0 aliphatic heterocycles. The maximum absolute atomic E-state index is 13.9. The van der Waals surface area contributed by atoms with Gasteiger partial charge >= 0.3 is 0 Å².